The first-order valence-electron chi connectivity index (χ1n) is 8.15. The Kier molecular flexibility index (Phi) is 7.80. The summed E-state index contributed by atoms with van der Waals surface area (Å²) in [5.74, 6) is 6.36. The maximum atomic E-state index is 5.74. The standard InChI is InChI=1S/C19H36/c1-10-15(5)16(6)12-18(8)19(9,13-14(3)4)17(7)11-2/h2,14-18H,10,12-13H2,1,3-9H3. The topological polar surface area (TPSA) is 0 Å². The molecule has 0 aromatic carbocycles. The lowest BCUT2D eigenvalue weighted by Gasteiger charge is -2.42. The Hall–Kier alpha value is -0.440. The Morgan fingerprint density at radius 2 is 1.53 bits per heavy atom. The molecule has 0 amide bonds. The molecule has 0 aliphatic rings. The van der Waals surface area contributed by atoms with Crippen LogP contribution in [0.15, 0.2) is 0 Å². The fourth-order valence-electron chi connectivity index (χ4n) is 3.34. The van der Waals surface area contributed by atoms with Gasteiger partial charge in [0, 0.05) is 5.92 Å². The predicted octanol–water partition coefficient (Wildman–Crippen LogP) is 6.02. The maximum absolute atomic E-state index is 5.74. The van der Waals surface area contributed by atoms with Crippen molar-refractivity contribution in [3.8, 4) is 12.3 Å². The molecular weight excluding hydrogens is 228 g/mol. The molecule has 0 aliphatic carbocycles. The molecular formula is C19H36. The van der Waals surface area contributed by atoms with Crippen LogP contribution in [0.2, 0.25) is 0 Å². The second kappa shape index (κ2) is 7.98. The molecule has 0 nitrogen and oxygen atoms in total. The molecule has 5 atom stereocenters. The van der Waals surface area contributed by atoms with Crippen molar-refractivity contribution < 1.29 is 0 Å². The number of rotatable bonds is 8. The average molecular weight is 264 g/mol. The Bertz CT molecular complexity index is 283. The Labute approximate surface area is 122 Å². The van der Waals surface area contributed by atoms with E-state index in [2.05, 4.69) is 61.3 Å². The van der Waals surface area contributed by atoms with Crippen LogP contribution in [0, 0.1) is 47.3 Å². The summed E-state index contributed by atoms with van der Waals surface area (Å²) in [4.78, 5) is 0. The maximum Gasteiger partial charge on any atom is 0.0228 e. The minimum absolute atomic E-state index is 0.268. The summed E-state index contributed by atoms with van der Waals surface area (Å²) in [6, 6.07) is 0. The quantitative estimate of drug-likeness (QED) is 0.470. The molecule has 0 fully saturated rings. The lowest BCUT2D eigenvalue weighted by molar-refractivity contribution is 0.0878. The first-order valence-corrected chi connectivity index (χ1v) is 8.15. The summed E-state index contributed by atoms with van der Waals surface area (Å²) in [6.07, 6.45) is 9.54. The van der Waals surface area contributed by atoms with Crippen molar-refractivity contribution in [2.24, 2.45) is 35.0 Å². The van der Waals surface area contributed by atoms with Crippen molar-refractivity contribution in [1.29, 1.82) is 0 Å². The molecule has 0 spiro atoms. The van der Waals surface area contributed by atoms with Gasteiger partial charge in [-0.25, -0.2) is 0 Å². The molecule has 0 saturated heterocycles. The van der Waals surface area contributed by atoms with Gasteiger partial charge in [0.15, 0.2) is 0 Å². The Morgan fingerprint density at radius 3 is 1.89 bits per heavy atom. The van der Waals surface area contributed by atoms with Gasteiger partial charge in [-0.3, -0.25) is 0 Å². The van der Waals surface area contributed by atoms with Crippen LogP contribution in [0.4, 0.5) is 0 Å². The van der Waals surface area contributed by atoms with Crippen LogP contribution in [0.5, 0.6) is 0 Å². The van der Waals surface area contributed by atoms with E-state index in [1.807, 2.05) is 0 Å². The third kappa shape index (κ3) is 5.21. The Balaban J connectivity index is 4.92. The molecule has 0 saturated carbocycles. The van der Waals surface area contributed by atoms with Crippen LogP contribution in [0.3, 0.4) is 0 Å². The van der Waals surface area contributed by atoms with Gasteiger partial charge in [0.2, 0.25) is 0 Å². The molecule has 0 bridgehead atoms. The third-order valence-corrected chi connectivity index (χ3v) is 5.55. The van der Waals surface area contributed by atoms with Gasteiger partial charge in [0.25, 0.3) is 0 Å². The van der Waals surface area contributed by atoms with Gasteiger partial charge in [0.05, 0.1) is 0 Å². The van der Waals surface area contributed by atoms with Gasteiger partial charge >= 0.3 is 0 Å². The summed E-state index contributed by atoms with van der Waals surface area (Å²) in [6.45, 7) is 18.7. The number of hydrogen-bond acceptors (Lipinski definition) is 0. The second-order valence-electron chi connectivity index (χ2n) is 7.49. The number of terminal acetylenes is 1. The highest BCUT2D eigenvalue weighted by Crippen LogP contribution is 2.44. The van der Waals surface area contributed by atoms with Crippen LogP contribution in [-0.4, -0.2) is 0 Å². The predicted molar refractivity (Wildman–Crippen MR) is 88.0 cm³/mol. The van der Waals surface area contributed by atoms with E-state index in [9.17, 15) is 0 Å². The van der Waals surface area contributed by atoms with Gasteiger partial charge < -0.3 is 0 Å². The van der Waals surface area contributed by atoms with E-state index in [0.29, 0.717) is 17.8 Å². The van der Waals surface area contributed by atoms with Gasteiger partial charge in [-0.1, -0.05) is 61.8 Å². The first kappa shape index (κ1) is 18.6. The van der Waals surface area contributed by atoms with Crippen molar-refractivity contribution in [3.05, 3.63) is 0 Å². The monoisotopic (exact) mass is 264 g/mol. The van der Waals surface area contributed by atoms with Crippen LogP contribution in [-0.2, 0) is 0 Å². The van der Waals surface area contributed by atoms with E-state index in [4.69, 9.17) is 6.42 Å². The minimum Gasteiger partial charge on any atom is -0.120 e. The zero-order valence-corrected chi connectivity index (χ0v) is 14.6. The van der Waals surface area contributed by atoms with Crippen LogP contribution < -0.4 is 0 Å². The molecule has 0 rings (SSSR count). The highest BCUT2D eigenvalue weighted by molar-refractivity contribution is 5.01. The summed E-state index contributed by atoms with van der Waals surface area (Å²) in [5.41, 5.74) is 0.268. The largest absolute Gasteiger partial charge is 0.120 e. The van der Waals surface area contributed by atoms with Crippen molar-refractivity contribution >= 4 is 0 Å². The van der Waals surface area contributed by atoms with E-state index < -0.39 is 0 Å². The van der Waals surface area contributed by atoms with Crippen LogP contribution in [0.25, 0.3) is 0 Å². The summed E-state index contributed by atoms with van der Waals surface area (Å²) in [5, 5.41) is 0. The highest BCUT2D eigenvalue weighted by atomic mass is 14.4. The van der Waals surface area contributed by atoms with Gasteiger partial charge in [-0.15, -0.1) is 12.3 Å². The smallest absolute Gasteiger partial charge is 0.0228 e. The van der Waals surface area contributed by atoms with Gasteiger partial charge in [-0.05, 0) is 41.9 Å². The normalized spacial score (nSPS) is 21.3. The lowest BCUT2D eigenvalue weighted by Crippen LogP contribution is -2.35. The molecule has 0 radical (unpaired) electrons. The van der Waals surface area contributed by atoms with E-state index in [1.54, 1.807) is 0 Å². The fraction of sp³-hybridized carbons (Fsp3) is 0.895. The molecule has 0 aromatic rings. The van der Waals surface area contributed by atoms with Gasteiger partial charge in [-0.2, -0.15) is 0 Å². The molecule has 0 heteroatoms. The second-order valence-corrected chi connectivity index (χ2v) is 7.49. The molecule has 112 valence electrons. The highest BCUT2D eigenvalue weighted by Gasteiger charge is 2.37. The van der Waals surface area contributed by atoms with Crippen molar-refractivity contribution in [2.75, 3.05) is 0 Å². The van der Waals surface area contributed by atoms with Crippen molar-refractivity contribution in [3.63, 3.8) is 0 Å². The van der Waals surface area contributed by atoms with Gasteiger partial charge in [0.1, 0.15) is 0 Å². The first-order chi connectivity index (χ1) is 8.68. The summed E-state index contributed by atoms with van der Waals surface area (Å²) >= 11 is 0. The van der Waals surface area contributed by atoms with Crippen LogP contribution >= 0.6 is 0 Å². The average Bonchev–Trinajstić information content (AvgIpc) is 2.35. The molecule has 19 heavy (non-hydrogen) atoms. The molecule has 0 aromatic heterocycles. The zero-order valence-electron chi connectivity index (χ0n) is 14.6. The molecule has 5 unspecified atom stereocenters. The third-order valence-electron chi connectivity index (χ3n) is 5.55. The summed E-state index contributed by atoms with van der Waals surface area (Å²) < 4.78 is 0. The van der Waals surface area contributed by atoms with Crippen LogP contribution in [0.1, 0.15) is 74.7 Å². The van der Waals surface area contributed by atoms with E-state index in [1.165, 1.54) is 19.3 Å². The number of hydrogen-bond donors (Lipinski definition) is 0. The van der Waals surface area contributed by atoms with Crippen molar-refractivity contribution in [1.82, 2.24) is 0 Å². The van der Waals surface area contributed by atoms with E-state index >= 15 is 0 Å². The zero-order chi connectivity index (χ0) is 15.2. The summed E-state index contributed by atoms with van der Waals surface area (Å²) in [7, 11) is 0. The molecule has 0 N–H and O–H groups in total. The van der Waals surface area contributed by atoms with E-state index in [0.717, 1.165) is 11.8 Å². The molecule has 0 aliphatic heterocycles. The lowest BCUT2D eigenvalue weighted by atomic mass is 9.62. The molecule has 0 heterocycles. The minimum atomic E-state index is 0.268. The Morgan fingerprint density at radius 1 is 1.00 bits per heavy atom. The SMILES string of the molecule is C#CC(C)C(C)(CC(C)C)C(C)CC(C)C(C)CC. The van der Waals surface area contributed by atoms with E-state index in [-0.39, 0.29) is 5.41 Å². The van der Waals surface area contributed by atoms with Crippen molar-refractivity contribution in [2.45, 2.75) is 74.7 Å². The fourth-order valence-corrected chi connectivity index (χ4v) is 3.34.